The van der Waals surface area contributed by atoms with Crippen LogP contribution >= 0.6 is 0 Å². The molecule has 0 unspecified atom stereocenters. The Labute approximate surface area is 131 Å². The summed E-state index contributed by atoms with van der Waals surface area (Å²) < 4.78 is 52.7. The molecule has 8 heteroatoms. The number of aromatic carboxylic acids is 1. The second-order valence-corrected chi connectivity index (χ2v) is 6.44. The SMILES string of the molecule is O=C([O-])c1ccc(F)c(S(=O)(=O)NCCc2ccc(F)cc2)c1. The molecular weight excluding hydrogens is 328 g/mol. The molecule has 0 aromatic heterocycles. The van der Waals surface area contributed by atoms with Gasteiger partial charge in [0.25, 0.3) is 0 Å². The van der Waals surface area contributed by atoms with E-state index < -0.39 is 38.1 Å². The average molecular weight is 340 g/mol. The van der Waals surface area contributed by atoms with Crippen LogP contribution in [0.15, 0.2) is 47.4 Å². The van der Waals surface area contributed by atoms with Crippen molar-refractivity contribution < 1.29 is 27.1 Å². The molecule has 0 saturated heterocycles. The van der Waals surface area contributed by atoms with E-state index in [-0.39, 0.29) is 13.0 Å². The Morgan fingerprint density at radius 2 is 1.74 bits per heavy atom. The molecule has 0 radical (unpaired) electrons. The van der Waals surface area contributed by atoms with E-state index in [1.54, 1.807) is 0 Å². The lowest BCUT2D eigenvalue weighted by molar-refractivity contribution is -0.255. The fourth-order valence-corrected chi connectivity index (χ4v) is 3.03. The molecule has 23 heavy (non-hydrogen) atoms. The predicted molar refractivity (Wildman–Crippen MR) is 76.0 cm³/mol. The minimum atomic E-state index is -4.22. The maximum atomic E-state index is 13.6. The van der Waals surface area contributed by atoms with Crippen LogP contribution in [0.2, 0.25) is 0 Å². The number of nitrogens with one attached hydrogen (secondary N) is 1. The minimum Gasteiger partial charge on any atom is -0.545 e. The van der Waals surface area contributed by atoms with Gasteiger partial charge in [0.1, 0.15) is 16.5 Å². The summed E-state index contributed by atoms with van der Waals surface area (Å²) in [6.45, 7) is -0.0526. The lowest BCUT2D eigenvalue weighted by Gasteiger charge is -2.10. The molecule has 1 N–H and O–H groups in total. The van der Waals surface area contributed by atoms with Crippen LogP contribution < -0.4 is 9.83 Å². The Kier molecular flexibility index (Phi) is 5.07. The highest BCUT2D eigenvalue weighted by atomic mass is 32.2. The highest BCUT2D eigenvalue weighted by Gasteiger charge is 2.19. The van der Waals surface area contributed by atoms with Crippen molar-refractivity contribution in [3.63, 3.8) is 0 Å². The average Bonchev–Trinajstić information content (AvgIpc) is 2.49. The van der Waals surface area contributed by atoms with Crippen molar-refractivity contribution in [2.75, 3.05) is 6.54 Å². The van der Waals surface area contributed by atoms with Gasteiger partial charge in [0.15, 0.2) is 0 Å². The second kappa shape index (κ2) is 6.84. The molecule has 0 fully saturated rings. The maximum absolute atomic E-state index is 13.6. The molecular formula is C15H12F2NO4S-. The van der Waals surface area contributed by atoms with Gasteiger partial charge < -0.3 is 9.90 Å². The second-order valence-electron chi connectivity index (χ2n) is 4.71. The number of benzene rings is 2. The van der Waals surface area contributed by atoms with E-state index in [1.165, 1.54) is 24.3 Å². The first-order valence-electron chi connectivity index (χ1n) is 6.54. The molecule has 0 bridgehead atoms. The fourth-order valence-electron chi connectivity index (χ4n) is 1.89. The summed E-state index contributed by atoms with van der Waals surface area (Å²) in [5.74, 6) is -3.08. The smallest absolute Gasteiger partial charge is 0.243 e. The number of carbonyl (C=O) groups excluding carboxylic acids is 1. The Morgan fingerprint density at radius 1 is 1.09 bits per heavy atom. The molecule has 0 spiro atoms. The van der Waals surface area contributed by atoms with E-state index in [9.17, 15) is 27.1 Å². The van der Waals surface area contributed by atoms with Crippen molar-refractivity contribution in [3.05, 3.63) is 65.2 Å². The third-order valence-electron chi connectivity index (χ3n) is 3.08. The Bertz CT molecular complexity index is 820. The van der Waals surface area contributed by atoms with Crippen molar-refractivity contribution in [2.45, 2.75) is 11.3 Å². The van der Waals surface area contributed by atoms with Gasteiger partial charge in [-0.3, -0.25) is 0 Å². The molecule has 2 aromatic carbocycles. The van der Waals surface area contributed by atoms with Crippen LogP contribution in [0.25, 0.3) is 0 Å². The maximum Gasteiger partial charge on any atom is 0.243 e. The van der Waals surface area contributed by atoms with E-state index >= 15 is 0 Å². The zero-order chi connectivity index (χ0) is 17.0. The van der Waals surface area contributed by atoms with Crippen LogP contribution in [0.3, 0.4) is 0 Å². The summed E-state index contributed by atoms with van der Waals surface area (Å²) >= 11 is 0. The number of hydrogen-bond acceptors (Lipinski definition) is 4. The zero-order valence-corrected chi connectivity index (χ0v) is 12.6. The predicted octanol–water partition coefficient (Wildman–Crippen LogP) is 0.849. The summed E-state index contributed by atoms with van der Waals surface area (Å²) in [4.78, 5) is 9.97. The number of hydrogen-bond donors (Lipinski definition) is 1. The molecule has 0 heterocycles. The highest BCUT2D eigenvalue weighted by molar-refractivity contribution is 7.89. The Morgan fingerprint density at radius 3 is 2.35 bits per heavy atom. The topological polar surface area (TPSA) is 86.3 Å². The normalized spacial score (nSPS) is 11.4. The van der Waals surface area contributed by atoms with Crippen molar-refractivity contribution >= 4 is 16.0 Å². The lowest BCUT2D eigenvalue weighted by Crippen LogP contribution is -2.28. The monoisotopic (exact) mass is 340 g/mol. The van der Waals surface area contributed by atoms with E-state index in [1.807, 2.05) is 0 Å². The minimum absolute atomic E-state index is 0.0526. The summed E-state index contributed by atoms with van der Waals surface area (Å²) in [6.07, 6.45) is 0.265. The van der Waals surface area contributed by atoms with Crippen LogP contribution in [-0.4, -0.2) is 20.9 Å². The molecule has 0 amide bonds. The van der Waals surface area contributed by atoms with Gasteiger partial charge in [0, 0.05) is 6.54 Å². The van der Waals surface area contributed by atoms with Gasteiger partial charge in [0.2, 0.25) is 10.0 Å². The van der Waals surface area contributed by atoms with E-state index in [0.717, 1.165) is 12.1 Å². The van der Waals surface area contributed by atoms with Gasteiger partial charge in [-0.1, -0.05) is 18.2 Å². The zero-order valence-electron chi connectivity index (χ0n) is 11.8. The highest BCUT2D eigenvalue weighted by Crippen LogP contribution is 2.16. The van der Waals surface area contributed by atoms with Crippen LogP contribution in [-0.2, 0) is 16.4 Å². The number of sulfonamides is 1. The Balaban J connectivity index is 2.11. The first-order chi connectivity index (χ1) is 10.8. The molecule has 122 valence electrons. The van der Waals surface area contributed by atoms with Crippen molar-refractivity contribution in [3.8, 4) is 0 Å². The van der Waals surface area contributed by atoms with Gasteiger partial charge in [-0.25, -0.2) is 21.9 Å². The first-order valence-corrected chi connectivity index (χ1v) is 8.03. The molecule has 2 aromatic rings. The van der Waals surface area contributed by atoms with Crippen molar-refractivity contribution in [2.24, 2.45) is 0 Å². The summed E-state index contributed by atoms with van der Waals surface area (Å²) in [5, 5.41) is 10.7. The molecule has 5 nitrogen and oxygen atoms in total. The van der Waals surface area contributed by atoms with E-state index in [0.29, 0.717) is 11.6 Å². The molecule has 0 aliphatic rings. The van der Waals surface area contributed by atoms with E-state index in [2.05, 4.69) is 4.72 Å². The molecule has 0 saturated carbocycles. The van der Waals surface area contributed by atoms with Crippen LogP contribution in [0.1, 0.15) is 15.9 Å². The van der Waals surface area contributed by atoms with Gasteiger partial charge in [-0.2, -0.15) is 0 Å². The first kappa shape index (κ1) is 17.0. The van der Waals surface area contributed by atoms with Crippen LogP contribution in [0, 0.1) is 11.6 Å². The molecule has 0 atom stereocenters. The largest absolute Gasteiger partial charge is 0.545 e. The summed E-state index contributed by atoms with van der Waals surface area (Å²) in [5.41, 5.74) is 0.253. The quantitative estimate of drug-likeness (QED) is 0.845. The number of carboxylic acid groups (broad SMARTS) is 1. The summed E-state index contributed by atoms with van der Waals surface area (Å²) in [7, 11) is -4.22. The van der Waals surface area contributed by atoms with Crippen LogP contribution in [0.4, 0.5) is 8.78 Å². The van der Waals surface area contributed by atoms with E-state index in [4.69, 9.17) is 0 Å². The third kappa shape index (κ3) is 4.33. The standard InChI is InChI=1S/C15H13F2NO4S/c16-12-4-1-10(2-5-12)7-8-18-23(21,22)14-9-11(15(19)20)3-6-13(14)17/h1-6,9,18H,7-8H2,(H,19,20)/p-1. The number of carboxylic acids is 1. The fraction of sp³-hybridized carbons (Fsp3) is 0.133. The molecule has 0 aliphatic heterocycles. The van der Waals surface area contributed by atoms with Crippen LogP contribution in [0.5, 0.6) is 0 Å². The third-order valence-corrected chi connectivity index (χ3v) is 4.55. The molecule has 2 rings (SSSR count). The number of rotatable bonds is 6. The van der Waals surface area contributed by atoms with Gasteiger partial charge in [-0.05, 0) is 41.8 Å². The molecule has 0 aliphatic carbocycles. The van der Waals surface area contributed by atoms with Gasteiger partial charge in [-0.15, -0.1) is 0 Å². The summed E-state index contributed by atoms with van der Waals surface area (Å²) in [6, 6.07) is 7.86. The number of halogens is 2. The van der Waals surface area contributed by atoms with Crippen molar-refractivity contribution in [1.29, 1.82) is 0 Å². The number of carbonyl (C=O) groups is 1. The van der Waals surface area contributed by atoms with Crippen molar-refractivity contribution in [1.82, 2.24) is 4.72 Å². The Hall–Kier alpha value is -2.32. The lowest BCUT2D eigenvalue weighted by atomic mass is 10.1. The van der Waals surface area contributed by atoms with Gasteiger partial charge >= 0.3 is 0 Å². The van der Waals surface area contributed by atoms with Gasteiger partial charge in [0.05, 0.1) is 5.97 Å².